The molecule has 1 atom stereocenters. The zero-order valence-electron chi connectivity index (χ0n) is 12.4. The minimum atomic E-state index is -3.66. The molecule has 1 aromatic carbocycles. The Hall–Kier alpha value is -0.910. The average molecular weight is 296 g/mol. The molecule has 1 saturated carbocycles. The third-order valence-electron chi connectivity index (χ3n) is 4.53. The number of nitrogens with two attached hydrogens (primary N) is 1. The molecule has 20 heavy (non-hydrogen) atoms. The predicted molar refractivity (Wildman–Crippen MR) is 81.0 cm³/mol. The smallest absolute Gasteiger partial charge is 0.238 e. The lowest BCUT2D eigenvalue weighted by atomic mass is 9.74. The van der Waals surface area contributed by atoms with E-state index in [4.69, 9.17) is 5.14 Å². The molecule has 0 saturated heterocycles. The first-order valence-corrected chi connectivity index (χ1v) is 8.73. The summed E-state index contributed by atoms with van der Waals surface area (Å²) in [5.41, 5.74) is 1.89. The number of sulfonamides is 1. The van der Waals surface area contributed by atoms with E-state index in [-0.39, 0.29) is 16.5 Å². The van der Waals surface area contributed by atoms with Gasteiger partial charge in [-0.25, -0.2) is 13.6 Å². The molecule has 0 unspecified atom stereocenters. The van der Waals surface area contributed by atoms with E-state index in [2.05, 4.69) is 19.2 Å². The highest BCUT2D eigenvalue weighted by Crippen LogP contribution is 2.37. The van der Waals surface area contributed by atoms with Crippen molar-refractivity contribution < 1.29 is 8.42 Å². The van der Waals surface area contributed by atoms with Gasteiger partial charge in [-0.3, -0.25) is 0 Å². The first kappa shape index (κ1) is 15.5. The number of hydrogen-bond donors (Lipinski definition) is 2. The highest BCUT2D eigenvalue weighted by molar-refractivity contribution is 7.89. The third kappa shape index (κ3) is 3.05. The minimum Gasteiger partial charge on any atom is -0.305 e. The van der Waals surface area contributed by atoms with Gasteiger partial charge in [-0.05, 0) is 56.7 Å². The Balaban J connectivity index is 2.25. The Kier molecular flexibility index (Phi) is 4.23. The maximum atomic E-state index is 11.6. The molecule has 3 N–H and O–H groups in total. The van der Waals surface area contributed by atoms with Gasteiger partial charge in [0.25, 0.3) is 0 Å². The number of nitrogens with one attached hydrogen (secondary N) is 1. The SMILES string of the molecule is CCC1(N[C@@H](C)c2ccc(C)c(S(N)(=O)=O)c2)CCC1. The van der Waals surface area contributed by atoms with Crippen LogP contribution in [0.5, 0.6) is 0 Å². The van der Waals surface area contributed by atoms with Crippen LogP contribution in [0.25, 0.3) is 0 Å². The number of rotatable bonds is 5. The van der Waals surface area contributed by atoms with Crippen LogP contribution >= 0.6 is 0 Å². The maximum Gasteiger partial charge on any atom is 0.238 e. The molecule has 1 aliphatic carbocycles. The van der Waals surface area contributed by atoms with Gasteiger partial charge in [0.1, 0.15) is 0 Å². The number of benzene rings is 1. The van der Waals surface area contributed by atoms with E-state index in [1.807, 2.05) is 12.1 Å². The number of aryl methyl sites for hydroxylation is 1. The fourth-order valence-electron chi connectivity index (χ4n) is 2.94. The first-order chi connectivity index (χ1) is 9.27. The van der Waals surface area contributed by atoms with Crippen LogP contribution in [0.4, 0.5) is 0 Å². The molecule has 5 heteroatoms. The lowest BCUT2D eigenvalue weighted by molar-refractivity contribution is 0.160. The van der Waals surface area contributed by atoms with Crippen molar-refractivity contribution >= 4 is 10.0 Å². The maximum absolute atomic E-state index is 11.6. The highest BCUT2D eigenvalue weighted by atomic mass is 32.2. The molecular weight excluding hydrogens is 272 g/mol. The fourth-order valence-corrected chi connectivity index (χ4v) is 3.76. The van der Waals surface area contributed by atoms with Crippen molar-refractivity contribution in [2.45, 2.75) is 62.9 Å². The highest BCUT2D eigenvalue weighted by Gasteiger charge is 2.36. The lowest BCUT2D eigenvalue weighted by Crippen LogP contribution is -2.51. The molecule has 0 radical (unpaired) electrons. The van der Waals surface area contributed by atoms with Crippen molar-refractivity contribution in [2.24, 2.45) is 5.14 Å². The second-order valence-electron chi connectivity index (χ2n) is 5.92. The molecule has 1 fully saturated rings. The second kappa shape index (κ2) is 5.47. The van der Waals surface area contributed by atoms with E-state index in [1.54, 1.807) is 13.0 Å². The van der Waals surface area contributed by atoms with Crippen molar-refractivity contribution in [3.8, 4) is 0 Å². The van der Waals surface area contributed by atoms with Gasteiger partial charge in [-0.15, -0.1) is 0 Å². The van der Waals surface area contributed by atoms with E-state index in [0.717, 1.165) is 12.0 Å². The summed E-state index contributed by atoms with van der Waals surface area (Å²) in [7, 11) is -3.66. The molecule has 2 rings (SSSR count). The molecule has 0 spiro atoms. The summed E-state index contributed by atoms with van der Waals surface area (Å²) in [4.78, 5) is 0.225. The van der Waals surface area contributed by atoms with Gasteiger partial charge in [0.2, 0.25) is 10.0 Å². The molecule has 0 aromatic heterocycles. The molecule has 4 nitrogen and oxygen atoms in total. The molecule has 0 aliphatic heterocycles. The van der Waals surface area contributed by atoms with Crippen LogP contribution in [0, 0.1) is 6.92 Å². The van der Waals surface area contributed by atoms with Crippen LogP contribution in [0.3, 0.4) is 0 Å². The van der Waals surface area contributed by atoms with Gasteiger partial charge >= 0.3 is 0 Å². The predicted octanol–water partition coefficient (Wildman–Crippen LogP) is 2.63. The summed E-state index contributed by atoms with van der Waals surface area (Å²) >= 11 is 0. The molecule has 0 bridgehead atoms. The van der Waals surface area contributed by atoms with E-state index in [1.165, 1.54) is 19.3 Å². The van der Waals surface area contributed by atoms with Gasteiger partial charge in [0.15, 0.2) is 0 Å². The Morgan fingerprint density at radius 1 is 1.40 bits per heavy atom. The molecule has 112 valence electrons. The van der Waals surface area contributed by atoms with Gasteiger partial charge in [-0.2, -0.15) is 0 Å². The summed E-state index contributed by atoms with van der Waals surface area (Å²) < 4.78 is 23.2. The van der Waals surface area contributed by atoms with Gasteiger partial charge in [-0.1, -0.05) is 19.1 Å². The minimum absolute atomic E-state index is 0.122. The molecule has 1 aromatic rings. The summed E-state index contributed by atoms with van der Waals surface area (Å²) in [6.07, 6.45) is 4.76. The summed E-state index contributed by atoms with van der Waals surface area (Å²) in [5.74, 6) is 0. The fraction of sp³-hybridized carbons (Fsp3) is 0.600. The Bertz CT molecular complexity index is 586. The van der Waals surface area contributed by atoms with Crippen molar-refractivity contribution in [1.82, 2.24) is 5.32 Å². The van der Waals surface area contributed by atoms with E-state index in [0.29, 0.717) is 5.56 Å². The molecule has 0 amide bonds. The Morgan fingerprint density at radius 2 is 2.05 bits per heavy atom. The third-order valence-corrected chi connectivity index (χ3v) is 5.58. The molecule has 1 aliphatic rings. The van der Waals surface area contributed by atoms with Crippen molar-refractivity contribution in [3.05, 3.63) is 29.3 Å². The quantitative estimate of drug-likeness (QED) is 0.877. The largest absolute Gasteiger partial charge is 0.305 e. The zero-order valence-corrected chi connectivity index (χ0v) is 13.3. The second-order valence-corrected chi connectivity index (χ2v) is 7.45. The van der Waals surface area contributed by atoms with Gasteiger partial charge < -0.3 is 5.32 Å². The van der Waals surface area contributed by atoms with Crippen LogP contribution in [-0.2, 0) is 10.0 Å². The first-order valence-electron chi connectivity index (χ1n) is 7.18. The normalized spacial score (nSPS) is 19.4. The van der Waals surface area contributed by atoms with Crippen molar-refractivity contribution in [3.63, 3.8) is 0 Å². The van der Waals surface area contributed by atoms with Crippen LogP contribution in [0.1, 0.15) is 56.7 Å². The monoisotopic (exact) mass is 296 g/mol. The van der Waals surface area contributed by atoms with Crippen LogP contribution < -0.4 is 10.5 Å². The summed E-state index contributed by atoms with van der Waals surface area (Å²) in [6, 6.07) is 5.62. The van der Waals surface area contributed by atoms with Gasteiger partial charge in [0.05, 0.1) is 4.90 Å². The van der Waals surface area contributed by atoms with E-state index in [9.17, 15) is 8.42 Å². The number of primary sulfonamides is 1. The average Bonchev–Trinajstić information content (AvgIpc) is 2.32. The number of hydrogen-bond acceptors (Lipinski definition) is 3. The van der Waals surface area contributed by atoms with E-state index >= 15 is 0 Å². The Morgan fingerprint density at radius 3 is 2.50 bits per heavy atom. The van der Waals surface area contributed by atoms with E-state index < -0.39 is 10.0 Å². The van der Waals surface area contributed by atoms with Crippen LogP contribution in [-0.4, -0.2) is 14.0 Å². The Labute approximate surface area is 121 Å². The van der Waals surface area contributed by atoms with Crippen LogP contribution in [0.15, 0.2) is 23.1 Å². The molecular formula is C15H24N2O2S. The topological polar surface area (TPSA) is 72.2 Å². The lowest BCUT2D eigenvalue weighted by Gasteiger charge is -2.44. The zero-order chi connectivity index (χ0) is 15.0. The standard InChI is InChI=1S/C15H24N2O2S/c1-4-15(8-5-9-15)17-12(3)13-7-6-11(2)14(10-13)20(16,18)19/h6-7,10,12,17H,4-5,8-9H2,1-3H3,(H2,16,18,19)/t12-/m0/s1. The summed E-state index contributed by atoms with van der Waals surface area (Å²) in [6.45, 7) is 6.04. The summed E-state index contributed by atoms with van der Waals surface area (Å²) in [5, 5.41) is 8.93. The van der Waals surface area contributed by atoms with Crippen molar-refractivity contribution in [2.75, 3.05) is 0 Å². The van der Waals surface area contributed by atoms with Crippen LogP contribution in [0.2, 0.25) is 0 Å². The van der Waals surface area contributed by atoms with Gasteiger partial charge in [0, 0.05) is 11.6 Å². The molecule has 0 heterocycles. The van der Waals surface area contributed by atoms with Crippen molar-refractivity contribution in [1.29, 1.82) is 0 Å².